The molecule has 0 saturated carbocycles. The first-order chi connectivity index (χ1) is 7.79. The van der Waals surface area contributed by atoms with Crippen molar-refractivity contribution < 1.29 is 0 Å². The number of thioether (sulfide) groups is 2. The Balaban J connectivity index is 1.97. The van der Waals surface area contributed by atoms with Crippen LogP contribution in [0.3, 0.4) is 0 Å². The van der Waals surface area contributed by atoms with Crippen molar-refractivity contribution in [1.29, 1.82) is 0 Å². The molecular weight excluding hydrogens is 240 g/mol. The lowest BCUT2D eigenvalue weighted by atomic mass is 10.2. The van der Waals surface area contributed by atoms with E-state index in [9.17, 15) is 0 Å². The molecular formula is C10H12N4S2. The van der Waals surface area contributed by atoms with E-state index in [1.165, 1.54) is 10.5 Å². The molecule has 1 heterocycles. The maximum atomic E-state index is 3.93. The second-order valence-corrected chi connectivity index (χ2v) is 5.04. The molecule has 0 fully saturated rings. The van der Waals surface area contributed by atoms with Crippen LogP contribution < -0.4 is 0 Å². The number of nitrogens with zero attached hydrogens (tertiary/aromatic N) is 4. The highest BCUT2D eigenvalue weighted by Gasteiger charge is 2.03. The van der Waals surface area contributed by atoms with E-state index < -0.39 is 0 Å². The van der Waals surface area contributed by atoms with E-state index in [0.29, 0.717) is 0 Å². The lowest BCUT2D eigenvalue weighted by molar-refractivity contribution is 0.664. The van der Waals surface area contributed by atoms with Crippen LogP contribution in [0.4, 0.5) is 0 Å². The third kappa shape index (κ3) is 2.76. The summed E-state index contributed by atoms with van der Waals surface area (Å²) in [6.07, 6.45) is 2.08. The Morgan fingerprint density at radius 1 is 1.25 bits per heavy atom. The number of tetrazole rings is 1. The van der Waals surface area contributed by atoms with Gasteiger partial charge in [-0.2, -0.15) is 0 Å². The second-order valence-electron chi connectivity index (χ2n) is 3.22. The summed E-state index contributed by atoms with van der Waals surface area (Å²) in [5, 5.41) is 12.2. The molecule has 2 rings (SSSR count). The standard InChI is InChI=1S/C10H12N4S2/c1-14-10(11-12-13-14)16-7-8-3-5-9(15-2)6-4-8/h3-6H,7H2,1-2H3. The van der Waals surface area contributed by atoms with Crippen molar-refractivity contribution in [2.45, 2.75) is 15.8 Å². The van der Waals surface area contributed by atoms with Crippen LogP contribution in [0.5, 0.6) is 0 Å². The van der Waals surface area contributed by atoms with Crippen molar-refractivity contribution in [3.05, 3.63) is 29.8 Å². The second kappa shape index (κ2) is 5.36. The number of rotatable bonds is 4. The first kappa shape index (κ1) is 11.5. The predicted octanol–water partition coefficient (Wildman–Crippen LogP) is 2.22. The third-order valence-corrected chi connectivity index (χ3v) is 3.93. The normalized spacial score (nSPS) is 10.6. The molecule has 16 heavy (non-hydrogen) atoms. The van der Waals surface area contributed by atoms with Gasteiger partial charge in [0, 0.05) is 17.7 Å². The SMILES string of the molecule is CSc1ccc(CSc2nnnn2C)cc1. The average molecular weight is 252 g/mol. The number of aryl methyl sites for hydroxylation is 1. The van der Waals surface area contributed by atoms with E-state index in [4.69, 9.17) is 0 Å². The number of hydrogen-bond donors (Lipinski definition) is 0. The summed E-state index contributed by atoms with van der Waals surface area (Å²) in [6, 6.07) is 8.55. The fraction of sp³-hybridized carbons (Fsp3) is 0.300. The van der Waals surface area contributed by atoms with E-state index >= 15 is 0 Å². The molecule has 0 amide bonds. The van der Waals surface area contributed by atoms with Gasteiger partial charge in [-0.25, -0.2) is 4.68 Å². The lowest BCUT2D eigenvalue weighted by Gasteiger charge is -2.01. The molecule has 0 aliphatic heterocycles. The molecule has 0 unspecified atom stereocenters. The maximum absolute atomic E-state index is 3.93. The summed E-state index contributed by atoms with van der Waals surface area (Å²) >= 11 is 3.39. The van der Waals surface area contributed by atoms with Gasteiger partial charge in [0.1, 0.15) is 0 Å². The lowest BCUT2D eigenvalue weighted by Crippen LogP contribution is -1.93. The monoisotopic (exact) mass is 252 g/mol. The van der Waals surface area contributed by atoms with Crippen molar-refractivity contribution in [2.75, 3.05) is 6.26 Å². The van der Waals surface area contributed by atoms with Gasteiger partial charge >= 0.3 is 0 Å². The smallest absolute Gasteiger partial charge is 0.209 e. The zero-order valence-electron chi connectivity index (χ0n) is 9.12. The Bertz CT molecular complexity index is 452. The van der Waals surface area contributed by atoms with Gasteiger partial charge in [-0.05, 0) is 34.4 Å². The molecule has 0 radical (unpaired) electrons. The number of benzene rings is 1. The maximum Gasteiger partial charge on any atom is 0.209 e. The molecule has 0 aliphatic carbocycles. The van der Waals surface area contributed by atoms with Crippen LogP contribution in [0.25, 0.3) is 0 Å². The fourth-order valence-corrected chi connectivity index (χ4v) is 2.43. The van der Waals surface area contributed by atoms with Crippen molar-refractivity contribution in [1.82, 2.24) is 20.2 Å². The zero-order valence-corrected chi connectivity index (χ0v) is 10.8. The molecule has 2 aromatic rings. The van der Waals surface area contributed by atoms with Crippen LogP contribution in [0.2, 0.25) is 0 Å². The minimum absolute atomic E-state index is 0.842. The highest BCUT2D eigenvalue weighted by atomic mass is 32.2. The number of aromatic nitrogens is 4. The van der Waals surface area contributed by atoms with Crippen LogP contribution in [0.1, 0.15) is 5.56 Å². The summed E-state index contributed by atoms with van der Waals surface area (Å²) in [6.45, 7) is 0. The number of hydrogen-bond acceptors (Lipinski definition) is 5. The van der Waals surface area contributed by atoms with E-state index in [0.717, 1.165) is 10.9 Å². The van der Waals surface area contributed by atoms with Gasteiger partial charge in [0.15, 0.2) is 0 Å². The Morgan fingerprint density at radius 2 is 2.00 bits per heavy atom. The van der Waals surface area contributed by atoms with E-state index in [2.05, 4.69) is 46.0 Å². The molecule has 4 nitrogen and oxygen atoms in total. The third-order valence-electron chi connectivity index (χ3n) is 2.11. The molecule has 0 aliphatic rings. The van der Waals surface area contributed by atoms with Crippen LogP contribution in [-0.2, 0) is 12.8 Å². The highest BCUT2D eigenvalue weighted by molar-refractivity contribution is 7.98. The minimum atomic E-state index is 0.842. The molecule has 0 atom stereocenters. The van der Waals surface area contributed by atoms with Crippen molar-refractivity contribution >= 4 is 23.5 Å². The predicted molar refractivity (Wildman–Crippen MR) is 66.6 cm³/mol. The molecule has 0 bridgehead atoms. The molecule has 0 spiro atoms. The topological polar surface area (TPSA) is 43.6 Å². The first-order valence-electron chi connectivity index (χ1n) is 4.77. The van der Waals surface area contributed by atoms with Gasteiger partial charge in [0.05, 0.1) is 0 Å². The summed E-state index contributed by atoms with van der Waals surface area (Å²) in [5.41, 5.74) is 1.28. The molecule has 1 aromatic heterocycles. The van der Waals surface area contributed by atoms with Gasteiger partial charge in [-0.15, -0.1) is 16.9 Å². The molecule has 0 saturated heterocycles. The van der Waals surface area contributed by atoms with Crippen molar-refractivity contribution in [3.8, 4) is 0 Å². The van der Waals surface area contributed by atoms with Crippen LogP contribution in [0, 0.1) is 0 Å². The summed E-state index contributed by atoms with van der Waals surface area (Å²) in [5.74, 6) is 0.892. The zero-order chi connectivity index (χ0) is 11.4. The average Bonchev–Trinajstić information content (AvgIpc) is 2.73. The fourth-order valence-electron chi connectivity index (χ4n) is 1.21. The molecule has 0 N–H and O–H groups in total. The Morgan fingerprint density at radius 3 is 2.56 bits per heavy atom. The van der Waals surface area contributed by atoms with Crippen molar-refractivity contribution in [3.63, 3.8) is 0 Å². The minimum Gasteiger partial charge on any atom is -0.224 e. The molecule has 6 heteroatoms. The Labute approximate surface area is 103 Å². The first-order valence-corrected chi connectivity index (χ1v) is 6.98. The van der Waals surface area contributed by atoms with Crippen molar-refractivity contribution in [2.24, 2.45) is 7.05 Å². The summed E-state index contributed by atoms with van der Waals surface area (Å²) < 4.78 is 1.68. The molecule has 84 valence electrons. The largest absolute Gasteiger partial charge is 0.224 e. The Kier molecular flexibility index (Phi) is 3.84. The van der Waals surface area contributed by atoms with Crippen LogP contribution >= 0.6 is 23.5 Å². The summed E-state index contributed by atoms with van der Waals surface area (Å²) in [4.78, 5) is 1.29. The van der Waals surface area contributed by atoms with Gasteiger partial charge in [0.2, 0.25) is 5.16 Å². The van der Waals surface area contributed by atoms with Gasteiger partial charge in [-0.3, -0.25) is 0 Å². The van der Waals surface area contributed by atoms with E-state index in [1.807, 2.05) is 7.05 Å². The quantitative estimate of drug-likeness (QED) is 0.781. The van der Waals surface area contributed by atoms with Crippen LogP contribution in [-0.4, -0.2) is 26.5 Å². The van der Waals surface area contributed by atoms with Gasteiger partial charge < -0.3 is 0 Å². The van der Waals surface area contributed by atoms with E-state index in [-0.39, 0.29) is 0 Å². The van der Waals surface area contributed by atoms with E-state index in [1.54, 1.807) is 28.2 Å². The summed E-state index contributed by atoms with van der Waals surface area (Å²) in [7, 11) is 1.85. The Hall–Kier alpha value is -1.01. The van der Waals surface area contributed by atoms with Gasteiger partial charge in [0.25, 0.3) is 0 Å². The van der Waals surface area contributed by atoms with Gasteiger partial charge in [-0.1, -0.05) is 23.9 Å². The molecule has 1 aromatic carbocycles. The highest BCUT2D eigenvalue weighted by Crippen LogP contribution is 2.21. The van der Waals surface area contributed by atoms with Crippen LogP contribution in [0.15, 0.2) is 34.3 Å².